The summed E-state index contributed by atoms with van der Waals surface area (Å²) in [6.45, 7) is 2.96. The summed E-state index contributed by atoms with van der Waals surface area (Å²) in [5.74, 6) is 6.37. The van der Waals surface area contributed by atoms with Gasteiger partial charge in [0.2, 0.25) is 0 Å². The number of rotatable bonds is 4. The lowest BCUT2D eigenvalue weighted by atomic mass is 10.1. The van der Waals surface area contributed by atoms with E-state index in [-0.39, 0.29) is 5.91 Å². The average Bonchev–Trinajstić information content (AvgIpc) is 2.83. The Balaban J connectivity index is 1.98. The van der Waals surface area contributed by atoms with Crippen molar-refractivity contribution in [2.45, 2.75) is 6.42 Å². The Kier molecular flexibility index (Phi) is 4.34. The molecule has 0 radical (unpaired) electrons. The first kappa shape index (κ1) is 13.8. The molecule has 19 heavy (non-hydrogen) atoms. The van der Waals surface area contributed by atoms with Crippen LogP contribution in [0, 0.1) is 5.92 Å². The summed E-state index contributed by atoms with van der Waals surface area (Å²) in [6.07, 6.45) is 2.74. The standard InChI is InChI=1S/C13H21N5O/c1-17-6-4-10(8-17)9-18(2)13(19)11-3-5-15-12(7-11)16-14/h3,5,7,10H,4,6,8-9,14H2,1-2H3,(H,15,16). The van der Waals surface area contributed by atoms with Gasteiger partial charge in [0.1, 0.15) is 5.82 Å². The smallest absolute Gasteiger partial charge is 0.253 e. The normalized spacial score (nSPS) is 19.4. The maximum absolute atomic E-state index is 12.3. The zero-order valence-corrected chi connectivity index (χ0v) is 11.5. The average molecular weight is 263 g/mol. The Morgan fingerprint density at radius 2 is 2.47 bits per heavy atom. The second-order valence-electron chi connectivity index (χ2n) is 5.18. The molecule has 1 saturated heterocycles. The topological polar surface area (TPSA) is 74.5 Å². The predicted octanol–water partition coefficient (Wildman–Crippen LogP) is 0.391. The predicted molar refractivity (Wildman–Crippen MR) is 74.6 cm³/mol. The highest BCUT2D eigenvalue weighted by molar-refractivity contribution is 5.94. The van der Waals surface area contributed by atoms with Crippen molar-refractivity contribution in [1.29, 1.82) is 0 Å². The number of hydrogen-bond donors (Lipinski definition) is 2. The Morgan fingerprint density at radius 3 is 3.11 bits per heavy atom. The first-order valence-electron chi connectivity index (χ1n) is 6.47. The molecule has 1 atom stereocenters. The van der Waals surface area contributed by atoms with E-state index in [1.165, 1.54) is 0 Å². The van der Waals surface area contributed by atoms with Crippen molar-refractivity contribution in [1.82, 2.24) is 14.8 Å². The molecule has 3 N–H and O–H groups in total. The highest BCUT2D eigenvalue weighted by Crippen LogP contribution is 2.16. The maximum atomic E-state index is 12.3. The van der Waals surface area contributed by atoms with Crippen LogP contribution in [0.15, 0.2) is 18.3 Å². The number of nitrogens with two attached hydrogens (primary N) is 1. The van der Waals surface area contributed by atoms with E-state index >= 15 is 0 Å². The summed E-state index contributed by atoms with van der Waals surface area (Å²) in [7, 11) is 3.96. The van der Waals surface area contributed by atoms with Crippen LogP contribution in [0.4, 0.5) is 5.82 Å². The molecule has 0 saturated carbocycles. The Morgan fingerprint density at radius 1 is 1.68 bits per heavy atom. The number of hydrazine groups is 1. The molecule has 6 heteroatoms. The van der Waals surface area contributed by atoms with Crippen molar-refractivity contribution in [2.24, 2.45) is 11.8 Å². The van der Waals surface area contributed by atoms with E-state index in [0.717, 1.165) is 26.1 Å². The SMILES string of the molecule is CN1CCC(CN(C)C(=O)c2ccnc(NN)c2)C1. The quantitative estimate of drug-likeness (QED) is 0.607. The molecule has 2 heterocycles. The molecule has 1 fully saturated rings. The minimum absolute atomic E-state index is 0.00783. The highest BCUT2D eigenvalue weighted by atomic mass is 16.2. The van der Waals surface area contributed by atoms with Crippen molar-refractivity contribution in [3.63, 3.8) is 0 Å². The van der Waals surface area contributed by atoms with Crippen LogP contribution in [0.1, 0.15) is 16.8 Å². The van der Waals surface area contributed by atoms with Gasteiger partial charge in [-0.25, -0.2) is 10.8 Å². The number of carbonyl (C=O) groups is 1. The number of nitrogen functional groups attached to an aromatic ring is 1. The number of likely N-dealkylation sites (tertiary alicyclic amines) is 1. The molecule has 6 nitrogen and oxygen atoms in total. The van der Waals surface area contributed by atoms with Crippen LogP contribution < -0.4 is 11.3 Å². The second kappa shape index (κ2) is 5.99. The van der Waals surface area contributed by atoms with Crippen LogP contribution in [0.3, 0.4) is 0 Å². The van der Waals surface area contributed by atoms with E-state index in [4.69, 9.17) is 5.84 Å². The molecule has 0 bridgehead atoms. The third-order valence-electron chi connectivity index (χ3n) is 3.52. The fourth-order valence-electron chi connectivity index (χ4n) is 2.51. The molecule has 2 rings (SSSR count). The van der Waals surface area contributed by atoms with Gasteiger partial charge in [-0.05, 0) is 38.1 Å². The van der Waals surface area contributed by atoms with Gasteiger partial charge < -0.3 is 15.2 Å². The van der Waals surface area contributed by atoms with Gasteiger partial charge in [0.25, 0.3) is 5.91 Å². The lowest BCUT2D eigenvalue weighted by Gasteiger charge is -2.21. The summed E-state index contributed by atoms with van der Waals surface area (Å²) >= 11 is 0. The molecule has 0 spiro atoms. The molecule has 0 aliphatic carbocycles. The van der Waals surface area contributed by atoms with Gasteiger partial charge in [0.05, 0.1) is 0 Å². The van der Waals surface area contributed by atoms with Gasteiger partial charge in [-0.15, -0.1) is 0 Å². The minimum Gasteiger partial charge on any atom is -0.341 e. The van der Waals surface area contributed by atoms with Crippen molar-refractivity contribution in [2.75, 3.05) is 39.2 Å². The number of pyridine rings is 1. The van der Waals surface area contributed by atoms with Crippen LogP contribution in [-0.2, 0) is 0 Å². The van der Waals surface area contributed by atoms with E-state index < -0.39 is 0 Å². The van der Waals surface area contributed by atoms with E-state index in [1.54, 1.807) is 23.2 Å². The van der Waals surface area contributed by atoms with Crippen LogP contribution in [-0.4, -0.2) is 54.4 Å². The zero-order valence-electron chi connectivity index (χ0n) is 11.5. The summed E-state index contributed by atoms with van der Waals surface area (Å²) in [5.41, 5.74) is 3.06. The van der Waals surface area contributed by atoms with Gasteiger partial charge in [0.15, 0.2) is 0 Å². The molecule has 1 aromatic heterocycles. The lowest BCUT2D eigenvalue weighted by molar-refractivity contribution is 0.0774. The summed E-state index contributed by atoms with van der Waals surface area (Å²) < 4.78 is 0. The van der Waals surface area contributed by atoms with Gasteiger partial charge in [0, 0.05) is 31.9 Å². The first-order chi connectivity index (χ1) is 9.10. The van der Waals surface area contributed by atoms with Crippen LogP contribution in [0.25, 0.3) is 0 Å². The molecule has 104 valence electrons. The molecule has 1 aliphatic rings. The minimum atomic E-state index is 0.00783. The third-order valence-corrected chi connectivity index (χ3v) is 3.52. The fraction of sp³-hybridized carbons (Fsp3) is 0.538. The summed E-state index contributed by atoms with van der Waals surface area (Å²) in [5, 5.41) is 0. The highest BCUT2D eigenvalue weighted by Gasteiger charge is 2.23. The molecule has 0 aromatic carbocycles. The number of nitrogens with zero attached hydrogens (tertiary/aromatic N) is 3. The monoisotopic (exact) mass is 263 g/mol. The van der Waals surface area contributed by atoms with Gasteiger partial charge in [-0.1, -0.05) is 0 Å². The maximum Gasteiger partial charge on any atom is 0.253 e. The molecular formula is C13H21N5O. The van der Waals surface area contributed by atoms with E-state index in [9.17, 15) is 4.79 Å². The number of hydrogen-bond acceptors (Lipinski definition) is 5. The van der Waals surface area contributed by atoms with E-state index in [1.807, 2.05) is 7.05 Å². The van der Waals surface area contributed by atoms with Crippen LogP contribution in [0.5, 0.6) is 0 Å². The van der Waals surface area contributed by atoms with Crippen molar-refractivity contribution < 1.29 is 4.79 Å². The first-order valence-corrected chi connectivity index (χ1v) is 6.47. The Hall–Kier alpha value is -1.66. The van der Waals surface area contributed by atoms with Crippen molar-refractivity contribution in [3.8, 4) is 0 Å². The molecule has 1 unspecified atom stereocenters. The van der Waals surface area contributed by atoms with Crippen LogP contribution in [0.2, 0.25) is 0 Å². The van der Waals surface area contributed by atoms with E-state index in [2.05, 4.69) is 22.4 Å². The molecule has 1 aromatic rings. The third kappa shape index (κ3) is 3.42. The van der Waals surface area contributed by atoms with Crippen LogP contribution >= 0.6 is 0 Å². The Bertz CT molecular complexity index is 450. The van der Waals surface area contributed by atoms with Gasteiger partial charge >= 0.3 is 0 Å². The number of amides is 1. The number of nitrogens with one attached hydrogen (secondary N) is 1. The summed E-state index contributed by atoms with van der Waals surface area (Å²) in [6, 6.07) is 3.38. The lowest BCUT2D eigenvalue weighted by Crippen LogP contribution is -2.32. The molecule has 1 aliphatic heterocycles. The summed E-state index contributed by atoms with van der Waals surface area (Å²) in [4.78, 5) is 20.4. The zero-order chi connectivity index (χ0) is 13.8. The molecule has 1 amide bonds. The second-order valence-corrected chi connectivity index (χ2v) is 5.18. The van der Waals surface area contributed by atoms with E-state index in [0.29, 0.717) is 17.3 Å². The van der Waals surface area contributed by atoms with Crippen molar-refractivity contribution >= 4 is 11.7 Å². The number of anilines is 1. The van der Waals surface area contributed by atoms with Gasteiger partial charge in [-0.2, -0.15) is 0 Å². The van der Waals surface area contributed by atoms with Crippen molar-refractivity contribution in [3.05, 3.63) is 23.9 Å². The number of carbonyl (C=O) groups excluding carboxylic acids is 1. The molecular weight excluding hydrogens is 242 g/mol. The Labute approximate surface area is 113 Å². The van der Waals surface area contributed by atoms with Gasteiger partial charge in [-0.3, -0.25) is 4.79 Å². The fourth-order valence-corrected chi connectivity index (χ4v) is 2.51. The number of aromatic nitrogens is 1. The largest absolute Gasteiger partial charge is 0.341 e.